The van der Waals surface area contributed by atoms with Crippen molar-refractivity contribution >= 4 is 5.78 Å². The van der Waals surface area contributed by atoms with Gasteiger partial charge in [0.2, 0.25) is 0 Å². The van der Waals surface area contributed by atoms with E-state index in [1.807, 2.05) is 30.3 Å². The molecule has 1 aromatic rings. The second-order valence-electron chi connectivity index (χ2n) is 7.31. The lowest BCUT2D eigenvalue weighted by Gasteiger charge is -2.44. The third-order valence-corrected chi connectivity index (χ3v) is 6.83. The van der Waals surface area contributed by atoms with E-state index in [4.69, 9.17) is 0 Å². The molecule has 1 nitrogen and oxygen atoms in total. The molecule has 20 heavy (non-hydrogen) atoms. The fourth-order valence-corrected chi connectivity index (χ4v) is 6.38. The third-order valence-electron chi connectivity index (χ3n) is 6.83. The van der Waals surface area contributed by atoms with Gasteiger partial charge in [0.25, 0.3) is 0 Å². The van der Waals surface area contributed by atoms with Crippen LogP contribution >= 0.6 is 0 Å². The fraction of sp³-hybridized carbons (Fsp3) is 0.526. The topological polar surface area (TPSA) is 17.1 Å². The van der Waals surface area contributed by atoms with Crippen molar-refractivity contribution in [1.29, 1.82) is 0 Å². The first-order valence-corrected chi connectivity index (χ1v) is 8.10. The predicted octanol–water partition coefficient (Wildman–Crippen LogP) is 4.11. The number of benzene rings is 1. The van der Waals surface area contributed by atoms with Crippen molar-refractivity contribution in [3.05, 3.63) is 48.0 Å². The maximum absolute atomic E-state index is 13.4. The molecule has 0 amide bonds. The standard InChI is InChI=1S/C19H20O/c20-18(12-4-2-1-3-5-12)19-15-8-6-13(10-15)17(19)14-7-9-16(19)11-14/h1-6,8,13-17H,7,9-11H2/t13?,14-,15-,16+,17+,19+/m1/s1. The molecule has 1 heteroatoms. The fourth-order valence-electron chi connectivity index (χ4n) is 6.38. The highest BCUT2D eigenvalue weighted by Gasteiger charge is 2.70. The van der Waals surface area contributed by atoms with E-state index < -0.39 is 0 Å². The van der Waals surface area contributed by atoms with E-state index in [2.05, 4.69) is 12.2 Å². The summed E-state index contributed by atoms with van der Waals surface area (Å²) in [7, 11) is 0. The molecule has 102 valence electrons. The summed E-state index contributed by atoms with van der Waals surface area (Å²) in [5, 5.41) is 0. The molecule has 4 aliphatic carbocycles. The second-order valence-corrected chi connectivity index (χ2v) is 7.31. The van der Waals surface area contributed by atoms with Gasteiger partial charge in [0.15, 0.2) is 5.78 Å². The normalized spacial score (nSPS) is 46.9. The number of allylic oxidation sites excluding steroid dienone is 2. The van der Waals surface area contributed by atoms with Crippen molar-refractivity contribution in [3.63, 3.8) is 0 Å². The molecule has 0 heterocycles. The minimum Gasteiger partial charge on any atom is -0.294 e. The summed E-state index contributed by atoms with van der Waals surface area (Å²) in [5.74, 6) is 3.83. The quantitative estimate of drug-likeness (QED) is 0.446. The first-order valence-electron chi connectivity index (χ1n) is 8.10. The van der Waals surface area contributed by atoms with Crippen LogP contribution in [0.15, 0.2) is 42.5 Å². The van der Waals surface area contributed by atoms with Gasteiger partial charge in [-0.15, -0.1) is 0 Å². The van der Waals surface area contributed by atoms with E-state index in [-0.39, 0.29) is 5.41 Å². The zero-order valence-corrected chi connectivity index (χ0v) is 11.7. The van der Waals surface area contributed by atoms with E-state index in [9.17, 15) is 4.79 Å². The van der Waals surface area contributed by atoms with Crippen LogP contribution in [0.4, 0.5) is 0 Å². The van der Waals surface area contributed by atoms with Gasteiger partial charge in [-0.05, 0) is 55.3 Å². The van der Waals surface area contributed by atoms with Gasteiger partial charge in [-0.25, -0.2) is 0 Å². The summed E-state index contributed by atoms with van der Waals surface area (Å²) < 4.78 is 0. The van der Waals surface area contributed by atoms with E-state index in [0.717, 1.165) is 11.5 Å². The van der Waals surface area contributed by atoms with E-state index in [1.54, 1.807) is 0 Å². The summed E-state index contributed by atoms with van der Waals surface area (Å²) in [6.45, 7) is 0. The first kappa shape index (κ1) is 11.3. The van der Waals surface area contributed by atoms with Gasteiger partial charge in [0, 0.05) is 11.0 Å². The molecule has 0 spiro atoms. The van der Waals surface area contributed by atoms with Crippen LogP contribution in [0, 0.1) is 35.0 Å². The zero-order valence-electron chi connectivity index (χ0n) is 11.7. The van der Waals surface area contributed by atoms with E-state index in [0.29, 0.717) is 29.5 Å². The summed E-state index contributed by atoms with van der Waals surface area (Å²) in [6.07, 6.45) is 10.0. The monoisotopic (exact) mass is 264 g/mol. The zero-order chi connectivity index (χ0) is 13.3. The lowest BCUT2D eigenvalue weighted by molar-refractivity contribution is 0.0420. The minimum atomic E-state index is -0.0241. The lowest BCUT2D eigenvalue weighted by atomic mass is 9.58. The van der Waals surface area contributed by atoms with E-state index >= 15 is 0 Å². The Morgan fingerprint density at radius 2 is 1.90 bits per heavy atom. The van der Waals surface area contributed by atoms with Crippen molar-refractivity contribution in [2.45, 2.75) is 25.7 Å². The van der Waals surface area contributed by atoms with E-state index in [1.165, 1.54) is 25.7 Å². The Kier molecular flexibility index (Phi) is 2.05. The van der Waals surface area contributed by atoms with Gasteiger partial charge in [-0.2, -0.15) is 0 Å². The minimum absolute atomic E-state index is 0.0241. The molecule has 1 aromatic carbocycles. The van der Waals surface area contributed by atoms with Crippen LogP contribution in [0.25, 0.3) is 0 Å². The highest BCUT2D eigenvalue weighted by molar-refractivity contribution is 6.02. The molecule has 0 N–H and O–H groups in total. The molecule has 0 radical (unpaired) electrons. The molecule has 4 bridgehead atoms. The molecular weight excluding hydrogens is 244 g/mol. The molecular formula is C19H20O. The number of carbonyl (C=O) groups is 1. The summed E-state index contributed by atoms with van der Waals surface area (Å²) in [4.78, 5) is 13.4. The van der Waals surface area contributed by atoms with Crippen molar-refractivity contribution in [3.8, 4) is 0 Å². The van der Waals surface area contributed by atoms with Crippen LogP contribution in [0.5, 0.6) is 0 Å². The highest BCUT2D eigenvalue weighted by atomic mass is 16.1. The average Bonchev–Trinajstić information content (AvgIpc) is 3.25. The number of Topliss-reactive ketones (excluding diaryl/α,β-unsaturated/α-hetero) is 1. The number of carbonyl (C=O) groups excluding carboxylic acids is 1. The Balaban J connectivity index is 1.67. The molecule has 6 atom stereocenters. The van der Waals surface area contributed by atoms with Crippen LogP contribution in [-0.4, -0.2) is 5.78 Å². The Bertz CT molecular complexity index is 601. The molecule has 5 rings (SSSR count). The Labute approximate surface area is 120 Å². The molecule has 4 aliphatic rings. The summed E-state index contributed by atoms with van der Waals surface area (Å²) in [6, 6.07) is 10.1. The molecule has 3 fully saturated rings. The largest absolute Gasteiger partial charge is 0.294 e. The molecule has 1 unspecified atom stereocenters. The smallest absolute Gasteiger partial charge is 0.170 e. The molecule has 0 saturated heterocycles. The summed E-state index contributed by atoms with van der Waals surface area (Å²) >= 11 is 0. The summed E-state index contributed by atoms with van der Waals surface area (Å²) in [5.41, 5.74) is 0.926. The van der Waals surface area contributed by atoms with Gasteiger partial charge in [0.05, 0.1) is 0 Å². The average molecular weight is 264 g/mol. The number of rotatable bonds is 2. The second kappa shape index (κ2) is 3.63. The first-order chi connectivity index (χ1) is 9.81. The maximum Gasteiger partial charge on any atom is 0.170 e. The molecule has 3 saturated carbocycles. The number of hydrogen-bond donors (Lipinski definition) is 0. The Morgan fingerprint density at radius 3 is 2.75 bits per heavy atom. The predicted molar refractivity (Wildman–Crippen MR) is 78.3 cm³/mol. The molecule has 0 aromatic heterocycles. The van der Waals surface area contributed by atoms with Crippen LogP contribution in [0.3, 0.4) is 0 Å². The van der Waals surface area contributed by atoms with Gasteiger partial charge in [0.1, 0.15) is 0 Å². The number of hydrogen-bond acceptors (Lipinski definition) is 1. The van der Waals surface area contributed by atoms with Crippen LogP contribution in [0.2, 0.25) is 0 Å². The maximum atomic E-state index is 13.4. The van der Waals surface area contributed by atoms with Gasteiger partial charge in [-0.1, -0.05) is 42.5 Å². The van der Waals surface area contributed by atoms with Crippen molar-refractivity contribution < 1.29 is 4.79 Å². The van der Waals surface area contributed by atoms with Gasteiger partial charge >= 0.3 is 0 Å². The van der Waals surface area contributed by atoms with Gasteiger partial charge < -0.3 is 0 Å². The number of fused-ring (bicyclic) bond motifs is 9. The van der Waals surface area contributed by atoms with Crippen molar-refractivity contribution in [2.75, 3.05) is 0 Å². The van der Waals surface area contributed by atoms with Crippen LogP contribution < -0.4 is 0 Å². The SMILES string of the molecule is O=C(c1ccccc1)[C@@]12[C@H]3CC[C@H](C3)[C@@H]1C1C=C[C@@H]2C1. The molecule has 0 aliphatic heterocycles. The van der Waals surface area contributed by atoms with Crippen LogP contribution in [0.1, 0.15) is 36.0 Å². The van der Waals surface area contributed by atoms with Gasteiger partial charge in [-0.3, -0.25) is 4.79 Å². The Morgan fingerprint density at radius 1 is 1.05 bits per heavy atom. The van der Waals surface area contributed by atoms with Crippen molar-refractivity contribution in [2.24, 2.45) is 35.0 Å². The third kappa shape index (κ3) is 1.11. The Hall–Kier alpha value is -1.37. The lowest BCUT2D eigenvalue weighted by Crippen LogP contribution is -2.46. The number of ketones is 1. The highest BCUT2D eigenvalue weighted by Crippen LogP contribution is 2.73. The van der Waals surface area contributed by atoms with Crippen LogP contribution in [-0.2, 0) is 0 Å². The van der Waals surface area contributed by atoms with Crippen molar-refractivity contribution in [1.82, 2.24) is 0 Å².